The monoisotopic (exact) mass is 291 g/mol. The van der Waals surface area contributed by atoms with Gasteiger partial charge in [0.1, 0.15) is 11.4 Å². The van der Waals surface area contributed by atoms with E-state index in [1.165, 1.54) is 18.7 Å². The Labute approximate surface area is 112 Å². The molecule has 1 aliphatic heterocycles. The van der Waals surface area contributed by atoms with E-state index >= 15 is 0 Å². The third kappa shape index (κ3) is 2.83. The van der Waals surface area contributed by atoms with Crippen LogP contribution in [0.3, 0.4) is 0 Å². The van der Waals surface area contributed by atoms with Gasteiger partial charge in [-0.25, -0.2) is 14.2 Å². The van der Waals surface area contributed by atoms with Crippen molar-refractivity contribution in [2.45, 2.75) is 31.7 Å². The van der Waals surface area contributed by atoms with E-state index in [1.54, 1.807) is 0 Å². The normalized spacial score (nSPS) is 20.2. The lowest BCUT2D eigenvalue weighted by Gasteiger charge is -2.21. The molecule has 8 heteroatoms. The Morgan fingerprint density at radius 2 is 1.95 bits per heavy atom. The lowest BCUT2D eigenvalue weighted by atomic mass is 10.0. The van der Waals surface area contributed by atoms with Crippen molar-refractivity contribution in [3.63, 3.8) is 0 Å². The highest BCUT2D eigenvalue weighted by atomic mass is 19.4. The van der Waals surface area contributed by atoms with Gasteiger partial charge in [-0.15, -0.1) is 0 Å². The van der Waals surface area contributed by atoms with Gasteiger partial charge in [0, 0.05) is 0 Å². The first-order valence-corrected chi connectivity index (χ1v) is 5.89. The number of urea groups is 1. The molecular weight excluding hydrogens is 278 g/mol. The van der Waals surface area contributed by atoms with Crippen molar-refractivity contribution in [1.29, 1.82) is 0 Å². The fourth-order valence-corrected chi connectivity index (χ4v) is 1.86. The highest BCUT2D eigenvalue weighted by Crippen LogP contribution is 2.29. The third-order valence-corrected chi connectivity index (χ3v) is 3.09. The van der Waals surface area contributed by atoms with E-state index in [0.29, 0.717) is 0 Å². The van der Waals surface area contributed by atoms with Crippen LogP contribution in [0.25, 0.3) is 0 Å². The van der Waals surface area contributed by atoms with Gasteiger partial charge in [0.2, 0.25) is 0 Å². The number of amides is 2. The summed E-state index contributed by atoms with van der Waals surface area (Å²) in [6.07, 6.45) is -3.58. The summed E-state index contributed by atoms with van der Waals surface area (Å²) < 4.78 is 50.9. The highest BCUT2D eigenvalue weighted by molar-refractivity contribution is 5.94. The second-order valence-corrected chi connectivity index (χ2v) is 5.08. The molecule has 110 valence electrons. The molecule has 1 aromatic rings. The third-order valence-electron chi connectivity index (χ3n) is 3.09. The molecule has 1 fully saturated rings. The Balaban J connectivity index is 2.19. The topological polar surface area (TPSA) is 45.2 Å². The summed E-state index contributed by atoms with van der Waals surface area (Å²) in [6, 6.07) is 0.652. The predicted octanol–water partition coefficient (Wildman–Crippen LogP) is 2.75. The molecule has 0 bridgehead atoms. The lowest BCUT2D eigenvalue weighted by molar-refractivity contribution is -0.141. The maximum absolute atomic E-state index is 13.8. The number of aromatic nitrogens is 1. The summed E-state index contributed by atoms with van der Waals surface area (Å²) >= 11 is 0. The molecule has 0 aromatic carbocycles. The van der Waals surface area contributed by atoms with Gasteiger partial charge in [-0.05, 0) is 26.0 Å². The molecule has 1 saturated heterocycles. The molecule has 0 aliphatic carbocycles. The van der Waals surface area contributed by atoms with Crippen LogP contribution in [0.2, 0.25) is 0 Å². The molecule has 0 unspecified atom stereocenters. The SMILES string of the molecule is CC(C)(F)[C@H]1CN(c2ccc(C(F)(F)F)nc2)C(=O)N1. The van der Waals surface area contributed by atoms with Crippen molar-refractivity contribution in [1.82, 2.24) is 10.3 Å². The van der Waals surface area contributed by atoms with Gasteiger partial charge in [0.25, 0.3) is 0 Å². The van der Waals surface area contributed by atoms with Crippen LogP contribution in [-0.2, 0) is 6.18 Å². The number of hydrogen-bond acceptors (Lipinski definition) is 2. The molecule has 1 atom stereocenters. The zero-order chi connectivity index (χ0) is 15.1. The fourth-order valence-electron chi connectivity index (χ4n) is 1.86. The van der Waals surface area contributed by atoms with Crippen LogP contribution < -0.4 is 10.2 Å². The van der Waals surface area contributed by atoms with Crippen molar-refractivity contribution >= 4 is 11.7 Å². The van der Waals surface area contributed by atoms with Crippen molar-refractivity contribution < 1.29 is 22.4 Å². The summed E-state index contributed by atoms with van der Waals surface area (Å²) in [7, 11) is 0. The van der Waals surface area contributed by atoms with E-state index in [2.05, 4.69) is 10.3 Å². The number of alkyl halides is 4. The summed E-state index contributed by atoms with van der Waals surface area (Å²) in [4.78, 5) is 16.2. The Bertz CT molecular complexity index is 507. The number of anilines is 1. The zero-order valence-corrected chi connectivity index (χ0v) is 10.8. The number of rotatable bonds is 2. The van der Waals surface area contributed by atoms with Crippen LogP contribution in [-0.4, -0.2) is 29.3 Å². The van der Waals surface area contributed by atoms with Gasteiger partial charge < -0.3 is 5.32 Å². The molecule has 20 heavy (non-hydrogen) atoms. The fraction of sp³-hybridized carbons (Fsp3) is 0.500. The number of carbonyl (C=O) groups excluding carboxylic acids is 1. The highest BCUT2D eigenvalue weighted by Gasteiger charge is 2.40. The number of hydrogen-bond donors (Lipinski definition) is 1. The Hall–Kier alpha value is -1.86. The Morgan fingerprint density at radius 1 is 1.30 bits per heavy atom. The summed E-state index contributed by atoms with van der Waals surface area (Å²) in [5.74, 6) is 0. The smallest absolute Gasteiger partial charge is 0.330 e. The molecule has 0 saturated carbocycles. The van der Waals surface area contributed by atoms with E-state index in [4.69, 9.17) is 0 Å². The molecule has 2 heterocycles. The van der Waals surface area contributed by atoms with Gasteiger partial charge in [-0.1, -0.05) is 0 Å². The Kier molecular flexibility index (Phi) is 3.35. The van der Waals surface area contributed by atoms with Gasteiger partial charge >= 0.3 is 12.2 Å². The molecule has 1 aliphatic rings. The van der Waals surface area contributed by atoms with Crippen molar-refractivity contribution in [2.75, 3.05) is 11.4 Å². The molecular formula is C12H13F4N3O. The number of carbonyl (C=O) groups is 1. The first-order valence-electron chi connectivity index (χ1n) is 5.89. The number of nitrogens with zero attached hydrogens (tertiary/aromatic N) is 2. The van der Waals surface area contributed by atoms with E-state index < -0.39 is 29.6 Å². The Morgan fingerprint density at radius 3 is 2.35 bits per heavy atom. The minimum Gasteiger partial charge on any atom is -0.330 e. The zero-order valence-electron chi connectivity index (χ0n) is 10.8. The molecule has 4 nitrogen and oxygen atoms in total. The van der Waals surface area contributed by atoms with Crippen molar-refractivity contribution in [2.24, 2.45) is 0 Å². The molecule has 2 rings (SSSR count). The van der Waals surface area contributed by atoms with E-state index in [0.717, 1.165) is 18.3 Å². The molecule has 1 N–H and O–H groups in total. The number of pyridine rings is 1. The maximum Gasteiger partial charge on any atom is 0.433 e. The van der Waals surface area contributed by atoms with Gasteiger partial charge in [0.05, 0.1) is 24.5 Å². The second-order valence-electron chi connectivity index (χ2n) is 5.08. The quantitative estimate of drug-likeness (QED) is 0.852. The molecule has 1 aromatic heterocycles. The van der Waals surface area contributed by atoms with E-state index in [-0.39, 0.29) is 12.2 Å². The van der Waals surface area contributed by atoms with Crippen LogP contribution in [0.5, 0.6) is 0 Å². The standard InChI is InChI=1S/C12H13F4N3O/c1-11(2,13)9-6-19(10(20)18-9)7-3-4-8(17-5-7)12(14,15)16/h3-5,9H,6H2,1-2H3,(H,18,20)/t9-/m1/s1. The van der Waals surface area contributed by atoms with Gasteiger partial charge in [-0.2, -0.15) is 13.2 Å². The second kappa shape index (κ2) is 4.60. The average Bonchev–Trinajstić information content (AvgIpc) is 2.70. The van der Waals surface area contributed by atoms with Crippen molar-refractivity contribution in [3.8, 4) is 0 Å². The van der Waals surface area contributed by atoms with Crippen LogP contribution in [0, 0.1) is 0 Å². The minimum atomic E-state index is -4.53. The molecule has 0 spiro atoms. The predicted molar refractivity (Wildman–Crippen MR) is 64.1 cm³/mol. The van der Waals surface area contributed by atoms with Gasteiger partial charge in [0.15, 0.2) is 0 Å². The largest absolute Gasteiger partial charge is 0.433 e. The van der Waals surface area contributed by atoms with Gasteiger partial charge in [-0.3, -0.25) is 4.90 Å². The number of halogens is 4. The van der Waals surface area contributed by atoms with Crippen molar-refractivity contribution in [3.05, 3.63) is 24.0 Å². The summed E-state index contributed by atoms with van der Waals surface area (Å²) in [5.41, 5.74) is -2.46. The maximum atomic E-state index is 13.8. The van der Waals surface area contributed by atoms with E-state index in [9.17, 15) is 22.4 Å². The van der Waals surface area contributed by atoms with Crippen LogP contribution in [0.4, 0.5) is 28.0 Å². The molecule has 2 amide bonds. The van der Waals surface area contributed by atoms with Crippen LogP contribution in [0.1, 0.15) is 19.5 Å². The van der Waals surface area contributed by atoms with Crippen LogP contribution in [0.15, 0.2) is 18.3 Å². The molecule has 0 radical (unpaired) electrons. The number of nitrogens with one attached hydrogen (secondary N) is 1. The summed E-state index contributed by atoms with van der Waals surface area (Å²) in [6.45, 7) is 2.69. The minimum absolute atomic E-state index is 0.0371. The first-order chi connectivity index (χ1) is 9.09. The van der Waals surface area contributed by atoms with Crippen LogP contribution >= 0.6 is 0 Å². The lowest BCUT2D eigenvalue weighted by Crippen LogP contribution is -2.42. The van der Waals surface area contributed by atoms with E-state index in [1.807, 2.05) is 0 Å². The first kappa shape index (κ1) is 14.5. The average molecular weight is 291 g/mol. The summed E-state index contributed by atoms with van der Waals surface area (Å²) in [5, 5.41) is 2.45.